The van der Waals surface area contributed by atoms with Gasteiger partial charge in [0.25, 0.3) is 0 Å². The maximum Gasteiger partial charge on any atom is 0.190 e. The molecule has 1 fully saturated rings. The molecule has 1 aliphatic rings. The van der Waals surface area contributed by atoms with Gasteiger partial charge in [0.15, 0.2) is 5.96 Å². The predicted octanol–water partition coefficient (Wildman–Crippen LogP) is 1.99. The zero-order valence-electron chi connectivity index (χ0n) is 13.0. The third kappa shape index (κ3) is 4.10. The van der Waals surface area contributed by atoms with Gasteiger partial charge in [-0.1, -0.05) is 18.2 Å². The molecule has 0 aliphatic heterocycles. The second-order valence-electron chi connectivity index (χ2n) is 5.70. The lowest BCUT2D eigenvalue weighted by Crippen LogP contribution is -2.39. The molecule has 5 nitrogen and oxygen atoms in total. The summed E-state index contributed by atoms with van der Waals surface area (Å²) in [4.78, 5) is 4.25. The van der Waals surface area contributed by atoms with Crippen molar-refractivity contribution in [1.29, 1.82) is 0 Å². The van der Waals surface area contributed by atoms with Crippen LogP contribution in [0.4, 0.5) is 0 Å². The number of hydrogen-bond donors (Lipinski definition) is 2. The van der Waals surface area contributed by atoms with Gasteiger partial charge in [0.1, 0.15) is 0 Å². The SMILES string of the molecule is CN=C(NCCc1cnn(-c2ccccc2)c1)NCC1CC1. The highest BCUT2D eigenvalue weighted by molar-refractivity contribution is 5.79. The molecule has 2 N–H and O–H groups in total. The summed E-state index contributed by atoms with van der Waals surface area (Å²) in [5.41, 5.74) is 2.30. The number of aliphatic imine (C=N–C) groups is 1. The Morgan fingerprint density at radius 3 is 2.82 bits per heavy atom. The van der Waals surface area contributed by atoms with Crippen molar-refractivity contribution in [2.24, 2.45) is 10.9 Å². The first kappa shape index (κ1) is 14.6. The molecule has 1 heterocycles. The molecule has 1 aliphatic carbocycles. The van der Waals surface area contributed by atoms with E-state index in [9.17, 15) is 0 Å². The number of aromatic nitrogens is 2. The van der Waals surface area contributed by atoms with Crippen molar-refractivity contribution in [1.82, 2.24) is 20.4 Å². The van der Waals surface area contributed by atoms with Gasteiger partial charge in [0.2, 0.25) is 0 Å². The minimum atomic E-state index is 0.850. The summed E-state index contributed by atoms with van der Waals surface area (Å²) in [6.45, 7) is 1.89. The number of guanidine groups is 1. The van der Waals surface area contributed by atoms with Crippen molar-refractivity contribution in [3.63, 3.8) is 0 Å². The van der Waals surface area contributed by atoms with Gasteiger partial charge in [-0.25, -0.2) is 4.68 Å². The fourth-order valence-corrected chi connectivity index (χ4v) is 2.32. The molecular weight excluding hydrogens is 274 g/mol. The van der Waals surface area contributed by atoms with E-state index in [4.69, 9.17) is 0 Å². The van der Waals surface area contributed by atoms with E-state index < -0.39 is 0 Å². The van der Waals surface area contributed by atoms with Crippen molar-refractivity contribution in [3.05, 3.63) is 48.3 Å². The molecule has 0 atom stereocenters. The summed E-state index contributed by atoms with van der Waals surface area (Å²) < 4.78 is 1.91. The molecule has 5 heteroatoms. The normalized spacial score (nSPS) is 14.9. The van der Waals surface area contributed by atoms with Crippen LogP contribution in [0.15, 0.2) is 47.7 Å². The maximum absolute atomic E-state index is 4.42. The highest BCUT2D eigenvalue weighted by Crippen LogP contribution is 2.27. The Bertz CT molecular complexity index is 613. The highest BCUT2D eigenvalue weighted by atomic mass is 15.3. The van der Waals surface area contributed by atoms with Gasteiger partial charge in [0.05, 0.1) is 11.9 Å². The van der Waals surface area contributed by atoms with E-state index in [1.807, 2.05) is 36.1 Å². The summed E-state index contributed by atoms with van der Waals surface area (Å²) in [6.07, 6.45) is 7.63. The second kappa shape index (κ2) is 7.11. The first-order valence-electron chi connectivity index (χ1n) is 7.88. The molecule has 0 bridgehead atoms. The Kier molecular flexibility index (Phi) is 4.73. The van der Waals surface area contributed by atoms with Crippen LogP contribution in [-0.4, -0.2) is 35.9 Å². The van der Waals surface area contributed by atoms with Gasteiger partial charge in [-0.2, -0.15) is 5.10 Å². The average Bonchev–Trinajstić information content (AvgIpc) is 3.28. The summed E-state index contributed by atoms with van der Waals surface area (Å²) in [7, 11) is 1.82. The summed E-state index contributed by atoms with van der Waals surface area (Å²) in [6, 6.07) is 10.2. The molecule has 0 saturated heterocycles. The zero-order valence-corrected chi connectivity index (χ0v) is 13.0. The van der Waals surface area contributed by atoms with Crippen LogP contribution in [0.1, 0.15) is 18.4 Å². The number of hydrogen-bond acceptors (Lipinski definition) is 2. The Morgan fingerprint density at radius 2 is 2.09 bits per heavy atom. The van der Waals surface area contributed by atoms with Crippen LogP contribution >= 0.6 is 0 Å². The van der Waals surface area contributed by atoms with Gasteiger partial charge in [0, 0.05) is 26.3 Å². The van der Waals surface area contributed by atoms with Crippen molar-refractivity contribution in [2.75, 3.05) is 20.1 Å². The minimum absolute atomic E-state index is 0.850. The van der Waals surface area contributed by atoms with Gasteiger partial charge in [-0.15, -0.1) is 0 Å². The lowest BCUT2D eigenvalue weighted by Gasteiger charge is -2.10. The Hall–Kier alpha value is -2.30. The van der Waals surface area contributed by atoms with Gasteiger partial charge in [-0.05, 0) is 42.9 Å². The molecule has 0 amide bonds. The predicted molar refractivity (Wildman–Crippen MR) is 89.4 cm³/mol. The smallest absolute Gasteiger partial charge is 0.190 e. The topological polar surface area (TPSA) is 54.2 Å². The van der Waals surface area contributed by atoms with Gasteiger partial charge in [-0.3, -0.25) is 4.99 Å². The van der Waals surface area contributed by atoms with Crippen LogP contribution in [0.25, 0.3) is 5.69 Å². The number of benzene rings is 1. The highest BCUT2D eigenvalue weighted by Gasteiger charge is 2.20. The third-order valence-corrected chi connectivity index (χ3v) is 3.84. The maximum atomic E-state index is 4.42. The first-order valence-corrected chi connectivity index (χ1v) is 7.88. The molecule has 0 spiro atoms. The molecule has 1 aromatic carbocycles. The van der Waals surface area contributed by atoms with Crippen LogP contribution in [0.5, 0.6) is 0 Å². The van der Waals surface area contributed by atoms with Gasteiger partial charge >= 0.3 is 0 Å². The summed E-state index contributed by atoms with van der Waals surface area (Å²) >= 11 is 0. The molecule has 0 radical (unpaired) electrons. The molecule has 116 valence electrons. The van der Waals surface area contributed by atoms with Crippen LogP contribution in [0.2, 0.25) is 0 Å². The standard InChI is InChI=1S/C17H23N5/c1-18-17(20-11-14-7-8-14)19-10-9-15-12-21-22(13-15)16-5-3-2-4-6-16/h2-6,12-14H,7-11H2,1H3,(H2,18,19,20). The van der Waals surface area contributed by atoms with E-state index in [0.29, 0.717) is 0 Å². The van der Waals surface area contributed by atoms with Crippen LogP contribution in [0.3, 0.4) is 0 Å². The van der Waals surface area contributed by atoms with Crippen molar-refractivity contribution >= 4 is 5.96 Å². The fourth-order valence-electron chi connectivity index (χ4n) is 2.32. The quantitative estimate of drug-likeness (QED) is 0.633. The molecule has 1 aromatic heterocycles. The van der Waals surface area contributed by atoms with Crippen molar-refractivity contribution in [3.8, 4) is 5.69 Å². The largest absolute Gasteiger partial charge is 0.356 e. The molecule has 3 rings (SSSR count). The third-order valence-electron chi connectivity index (χ3n) is 3.84. The second-order valence-corrected chi connectivity index (χ2v) is 5.70. The molecule has 22 heavy (non-hydrogen) atoms. The number of nitrogens with zero attached hydrogens (tertiary/aromatic N) is 3. The molecule has 0 unspecified atom stereocenters. The summed E-state index contributed by atoms with van der Waals surface area (Å²) in [5, 5.41) is 11.1. The number of rotatable bonds is 6. The zero-order chi connectivity index (χ0) is 15.2. The van der Waals surface area contributed by atoms with E-state index in [-0.39, 0.29) is 0 Å². The van der Waals surface area contributed by atoms with Crippen LogP contribution in [-0.2, 0) is 6.42 Å². The number of para-hydroxylation sites is 1. The van der Waals surface area contributed by atoms with E-state index in [0.717, 1.165) is 37.1 Å². The monoisotopic (exact) mass is 297 g/mol. The lowest BCUT2D eigenvalue weighted by atomic mass is 10.2. The molecule has 1 saturated carbocycles. The Labute approximate surface area is 131 Å². The lowest BCUT2D eigenvalue weighted by molar-refractivity contribution is 0.734. The van der Waals surface area contributed by atoms with Crippen LogP contribution in [0, 0.1) is 5.92 Å². The van der Waals surface area contributed by atoms with E-state index in [2.05, 4.69) is 39.1 Å². The first-order chi connectivity index (χ1) is 10.8. The average molecular weight is 297 g/mol. The Morgan fingerprint density at radius 1 is 1.27 bits per heavy atom. The number of nitrogens with one attached hydrogen (secondary N) is 2. The minimum Gasteiger partial charge on any atom is -0.356 e. The molecular formula is C17H23N5. The molecule has 2 aromatic rings. The summed E-state index contributed by atoms with van der Waals surface area (Å²) in [5.74, 6) is 1.74. The Balaban J connectivity index is 1.46. The van der Waals surface area contributed by atoms with Crippen molar-refractivity contribution < 1.29 is 0 Å². The van der Waals surface area contributed by atoms with Crippen LogP contribution < -0.4 is 10.6 Å². The van der Waals surface area contributed by atoms with Crippen molar-refractivity contribution in [2.45, 2.75) is 19.3 Å². The van der Waals surface area contributed by atoms with Gasteiger partial charge < -0.3 is 10.6 Å². The fraction of sp³-hybridized carbons (Fsp3) is 0.412. The van der Waals surface area contributed by atoms with E-state index >= 15 is 0 Å². The van der Waals surface area contributed by atoms with E-state index in [1.165, 1.54) is 18.4 Å². The van der Waals surface area contributed by atoms with E-state index in [1.54, 1.807) is 0 Å².